The second kappa shape index (κ2) is 7.96. The van der Waals surface area contributed by atoms with Crippen LogP contribution in [0.4, 0.5) is 0 Å². The van der Waals surface area contributed by atoms with E-state index in [4.69, 9.17) is 14.2 Å². The van der Waals surface area contributed by atoms with Gasteiger partial charge in [-0.25, -0.2) is 0 Å². The van der Waals surface area contributed by atoms with E-state index in [0.29, 0.717) is 43.7 Å². The molecule has 152 valence electrons. The Morgan fingerprint density at radius 2 is 1.83 bits per heavy atom. The minimum absolute atomic E-state index is 0.302. The maximum Gasteiger partial charge on any atom is 0.308 e. The number of para-hydroxylation sites is 2. The van der Waals surface area contributed by atoms with E-state index in [2.05, 4.69) is 10.1 Å². The average Bonchev–Trinajstić information content (AvgIpc) is 3.27. The van der Waals surface area contributed by atoms with Crippen LogP contribution < -0.4 is 24.3 Å². The van der Waals surface area contributed by atoms with Crippen molar-refractivity contribution in [3.63, 3.8) is 0 Å². The molecule has 0 amide bonds. The lowest BCUT2D eigenvalue weighted by Gasteiger charge is -2.09. The lowest BCUT2D eigenvalue weighted by Crippen LogP contribution is -2.23. The van der Waals surface area contributed by atoms with Gasteiger partial charge in [0.05, 0.1) is 24.3 Å². The topological polar surface area (TPSA) is 92.0 Å². The number of hydrogen-bond acceptors (Lipinski definition) is 8. The minimum atomic E-state index is -0.447. The molecule has 0 aliphatic rings. The van der Waals surface area contributed by atoms with Crippen LogP contribution in [-0.2, 0) is 4.79 Å². The highest BCUT2D eigenvalue weighted by Crippen LogP contribution is 2.31. The summed E-state index contributed by atoms with van der Waals surface area (Å²) in [5.41, 5.74) is 0.936. The van der Waals surface area contributed by atoms with Crippen molar-refractivity contribution >= 4 is 28.3 Å². The number of carbonyl (C=O) groups excluding carboxylic acids is 1. The molecule has 0 fully saturated rings. The van der Waals surface area contributed by atoms with Crippen molar-refractivity contribution in [1.29, 1.82) is 0 Å². The second-order valence-electron chi connectivity index (χ2n) is 6.22. The highest BCUT2D eigenvalue weighted by Gasteiger charge is 2.16. The van der Waals surface area contributed by atoms with E-state index in [1.54, 1.807) is 50.6 Å². The number of esters is 1. The van der Waals surface area contributed by atoms with Crippen molar-refractivity contribution < 1.29 is 19.0 Å². The van der Waals surface area contributed by atoms with Gasteiger partial charge in [0.2, 0.25) is 4.96 Å². The Kier molecular flexibility index (Phi) is 5.20. The van der Waals surface area contributed by atoms with Crippen molar-refractivity contribution in [3.8, 4) is 28.6 Å². The van der Waals surface area contributed by atoms with Crippen LogP contribution in [0, 0.1) is 0 Å². The summed E-state index contributed by atoms with van der Waals surface area (Å²) in [6.45, 7) is 1.32. The van der Waals surface area contributed by atoms with Crippen LogP contribution in [-0.4, -0.2) is 34.8 Å². The summed E-state index contributed by atoms with van der Waals surface area (Å²) in [7, 11) is 3.10. The third-order valence-electron chi connectivity index (χ3n) is 4.28. The number of benzene rings is 2. The van der Waals surface area contributed by atoms with Gasteiger partial charge in [0.15, 0.2) is 17.3 Å². The molecule has 0 N–H and O–H groups in total. The molecule has 2 aromatic carbocycles. The molecule has 0 unspecified atom stereocenters. The number of nitrogens with zero attached hydrogens (tertiary/aromatic N) is 3. The molecule has 0 spiro atoms. The zero-order chi connectivity index (χ0) is 21.3. The summed E-state index contributed by atoms with van der Waals surface area (Å²) >= 11 is 1.20. The van der Waals surface area contributed by atoms with E-state index in [0.717, 1.165) is 0 Å². The molecule has 0 radical (unpaired) electrons. The largest absolute Gasteiger partial charge is 0.493 e. The predicted molar refractivity (Wildman–Crippen MR) is 112 cm³/mol. The van der Waals surface area contributed by atoms with Gasteiger partial charge in [0, 0.05) is 12.5 Å². The van der Waals surface area contributed by atoms with Crippen molar-refractivity contribution in [2.24, 2.45) is 0 Å². The molecule has 30 heavy (non-hydrogen) atoms. The summed E-state index contributed by atoms with van der Waals surface area (Å²) in [6.07, 6.45) is 1.72. The Morgan fingerprint density at radius 3 is 2.53 bits per heavy atom. The lowest BCUT2D eigenvalue weighted by molar-refractivity contribution is -0.131. The molecule has 4 rings (SSSR count). The Balaban J connectivity index is 1.81. The number of fused-ring (bicyclic) bond motifs is 1. The van der Waals surface area contributed by atoms with E-state index in [1.165, 1.54) is 22.8 Å². The van der Waals surface area contributed by atoms with Crippen LogP contribution in [0.5, 0.6) is 17.2 Å². The van der Waals surface area contributed by atoms with Gasteiger partial charge in [-0.2, -0.15) is 9.50 Å². The Bertz CT molecular complexity index is 1360. The smallest absolute Gasteiger partial charge is 0.308 e. The second-order valence-corrected chi connectivity index (χ2v) is 7.23. The molecule has 4 aromatic rings. The van der Waals surface area contributed by atoms with Crippen LogP contribution in [0.1, 0.15) is 12.5 Å². The van der Waals surface area contributed by atoms with Gasteiger partial charge in [0.1, 0.15) is 5.75 Å². The number of thiazole rings is 1. The Morgan fingerprint density at radius 1 is 1.07 bits per heavy atom. The van der Waals surface area contributed by atoms with Gasteiger partial charge in [-0.1, -0.05) is 35.6 Å². The highest BCUT2D eigenvalue weighted by molar-refractivity contribution is 7.15. The molecule has 9 heteroatoms. The van der Waals surface area contributed by atoms with Gasteiger partial charge in [-0.3, -0.25) is 9.59 Å². The van der Waals surface area contributed by atoms with Crippen molar-refractivity contribution in [2.45, 2.75) is 6.92 Å². The van der Waals surface area contributed by atoms with Crippen molar-refractivity contribution in [1.82, 2.24) is 14.6 Å². The van der Waals surface area contributed by atoms with Crippen molar-refractivity contribution in [3.05, 3.63) is 62.9 Å². The number of aromatic nitrogens is 3. The fourth-order valence-electron chi connectivity index (χ4n) is 3.01. The maximum atomic E-state index is 12.9. The first kappa shape index (κ1) is 19.6. The van der Waals surface area contributed by atoms with Gasteiger partial charge < -0.3 is 14.2 Å². The number of carbonyl (C=O) groups is 1. The SMILES string of the molecule is COc1cccc(/C=c2\sc3nc(-c4ccccc4OC(C)=O)nn3c2=O)c1OC. The highest BCUT2D eigenvalue weighted by atomic mass is 32.1. The first-order chi connectivity index (χ1) is 14.5. The van der Waals surface area contributed by atoms with Gasteiger partial charge in [-0.15, -0.1) is 5.10 Å². The average molecular weight is 423 g/mol. The molecule has 0 atom stereocenters. The molecular formula is C21H17N3O5S. The molecule has 2 heterocycles. The monoisotopic (exact) mass is 423 g/mol. The van der Waals surface area contributed by atoms with Gasteiger partial charge >= 0.3 is 5.97 Å². The fraction of sp³-hybridized carbons (Fsp3) is 0.143. The van der Waals surface area contributed by atoms with Crippen LogP contribution in [0.15, 0.2) is 47.3 Å². The van der Waals surface area contributed by atoms with Gasteiger partial charge in [-0.05, 0) is 24.3 Å². The molecule has 8 nitrogen and oxygen atoms in total. The normalized spacial score (nSPS) is 11.6. The fourth-order valence-corrected chi connectivity index (χ4v) is 3.91. The molecule has 0 saturated heterocycles. The van der Waals surface area contributed by atoms with E-state index < -0.39 is 5.97 Å². The third-order valence-corrected chi connectivity index (χ3v) is 5.24. The maximum absolute atomic E-state index is 12.9. The lowest BCUT2D eigenvalue weighted by atomic mass is 10.2. The number of ether oxygens (including phenoxy) is 3. The zero-order valence-electron chi connectivity index (χ0n) is 16.4. The van der Waals surface area contributed by atoms with Crippen LogP contribution >= 0.6 is 11.3 Å². The van der Waals surface area contributed by atoms with E-state index >= 15 is 0 Å². The third kappa shape index (κ3) is 3.50. The van der Waals surface area contributed by atoms with E-state index in [-0.39, 0.29) is 5.56 Å². The van der Waals surface area contributed by atoms with Crippen LogP contribution in [0.25, 0.3) is 22.4 Å². The van der Waals surface area contributed by atoms with E-state index in [1.807, 2.05) is 12.1 Å². The van der Waals surface area contributed by atoms with Crippen LogP contribution in [0.2, 0.25) is 0 Å². The Hall–Kier alpha value is -3.72. The first-order valence-corrected chi connectivity index (χ1v) is 9.73. The molecule has 0 aliphatic carbocycles. The molecule has 0 aliphatic heterocycles. The number of methoxy groups -OCH3 is 2. The number of hydrogen-bond donors (Lipinski definition) is 0. The minimum Gasteiger partial charge on any atom is -0.493 e. The standard InChI is InChI=1S/C21H17N3O5S/c1-12(25)29-15-9-5-4-8-14(15)19-22-21-24(23-19)20(26)17(30-21)11-13-7-6-10-16(27-2)18(13)28-3/h4-11H,1-3H3/b17-11-. The summed E-state index contributed by atoms with van der Waals surface area (Å²) in [6, 6.07) is 12.3. The van der Waals surface area contributed by atoms with Crippen LogP contribution in [0.3, 0.4) is 0 Å². The summed E-state index contributed by atoms with van der Waals surface area (Å²) in [5, 5.41) is 4.33. The summed E-state index contributed by atoms with van der Waals surface area (Å²) in [4.78, 5) is 29.1. The molecule has 0 bridgehead atoms. The summed E-state index contributed by atoms with van der Waals surface area (Å²) in [5.74, 6) is 1.30. The Labute approximate surface area is 175 Å². The quantitative estimate of drug-likeness (QED) is 0.359. The van der Waals surface area contributed by atoms with Gasteiger partial charge in [0.25, 0.3) is 5.56 Å². The zero-order valence-corrected chi connectivity index (χ0v) is 17.2. The van der Waals surface area contributed by atoms with Crippen molar-refractivity contribution in [2.75, 3.05) is 14.2 Å². The molecule has 2 aromatic heterocycles. The van der Waals surface area contributed by atoms with E-state index in [9.17, 15) is 9.59 Å². The molecule has 0 saturated carbocycles. The molecular weight excluding hydrogens is 406 g/mol. The number of rotatable bonds is 5. The summed E-state index contributed by atoms with van der Waals surface area (Å²) < 4.78 is 17.6. The predicted octanol–water partition coefficient (Wildman–Crippen LogP) is 2.31. The first-order valence-electron chi connectivity index (χ1n) is 8.92.